The van der Waals surface area contributed by atoms with Gasteiger partial charge in [-0.25, -0.2) is 5.84 Å². The van der Waals surface area contributed by atoms with E-state index in [4.69, 9.17) is 10.6 Å². The number of nitrogens with two attached hydrogens (primary N) is 1. The molecule has 0 aliphatic carbocycles. The number of benzene rings is 1. The second kappa shape index (κ2) is 5.36. The van der Waals surface area contributed by atoms with E-state index in [1.54, 1.807) is 7.11 Å². The third kappa shape index (κ3) is 2.95. The zero-order chi connectivity index (χ0) is 11.3. The molecule has 0 saturated heterocycles. The fourth-order valence-electron chi connectivity index (χ4n) is 1.45. The van der Waals surface area contributed by atoms with Gasteiger partial charge in [-0.15, -0.1) is 0 Å². The Bertz CT molecular complexity index is 350. The van der Waals surface area contributed by atoms with E-state index >= 15 is 0 Å². The monoisotopic (exact) mass is 208 g/mol. The predicted molar refractivity (Wildman–Crippen MR) is 58.4 cm³/mol. The number of nitrogens with one attached hydrogen (secondary N) is 1. The lowest BCUT2D eigenvalue weighted by atomic mass is 10.1. The van der Waals surface area contributed by atoms with Crippen molar-refractivity contribution in [3.8, 4) is 5.75 Å². The molecule has 1 rings (SSSR count). The van der Waals surface area contributed by atoms with E-state index < -0.39 is 0 Å². The van der Waals surface area contributed by atoms with E-state index in [9.17, 15) is 4.79 Å². The quantitative estimate of drug-likeness (QED) is 0.437. The molecule has 0 spiro atoms. The van der Waals surface area contributed by atoms with Crippen LogP contribution in [0.3, 0.4) is 0 Å². The molecule has 0 saturated carbocycles. The number of carbonyl (C=O) groups is 1. The van der Waals surface area contributed by atoms with Gasteiger partial charge in [0, 0.05) is 0 Å². The first kappa shape index (κ1) is 11.5. The summed E-state index contributed by atoms with van der Waals surface area (Å²) in [5, 5.41) is 0. The first-order chi connectivity index (χ1) is 7.21. The average molecular weight is 208 g/mol. The lowest BCUT2D eigenvalue weighted by molar-refractivity contribution is -0.120. The van der Waals surface area contributed by atoms with Gasteiger partial charge in [-0.2, -0.15) is 0 Å². The van der Waals surface area contributed by atoms with Crippen molar-refractivity contribution >= 4 is 5.91 Å². The van der Waals surface area contributed by atoms with Crippen LogP contribution in [0.4, 0.5) is 0 Å². The molecule has 0 aliphatic heterocycles. The van der Waals surface area contributed by atoms with Crippen molar-refractivity contribution in [3.63, 3.8) is 0 Å². The van der Waals surface area contributed by atoms with Crippen LogP contribution >= 0.6 is 0 Å². The first-order valence-corrected chi connectivity index (χ1v) is 4.86. The average Bonchev–Trinajstić information content (AvgIpc) is 2.28. The van der Waals surface area contributed by atoms with Crippen LogP contribution < -0.4 is 16.0 Å². The molecule has 0 bridgehead atoms. The standard InChI is InChI=1S/C11H16N2O2/c1-3-9-6-8(7-11(14)13-12)4-5-10(9)15-2/h4-6H,3,7,12H2,1-2H3,(H,13,14). The van der Waals surface area contributed by atoms with Crippen molar-refractivity contribution in [2.75, 3.05) is 7.11 Å². The van der Waals surface area contributed by atoms with Gasteiger partial charge in [0.2, 0.25) is 5.91 Å². The summed E-state index contributed by atoms with van der Waals surface area (Å²) in [6.45, 7) is 2.05. The van der Waals surface area contributed by atoms with Gasteiger partial charge in [0.25, 0.3) is 0 Å². The predicted octanol–water partition coefficient (Wildman–Crippen LogP) is 0.790. The molecule has 4 heteroatoms. The number of ether oxygens (including phenoxy) is 1. The summed E-state index contributed by atoms with van der Waals surface area (Å²) in [6.07, 6.45) is 1.18. The van der Waals surface area contributed by atoms with Gasteiger partial charge < -0.3 is 4.74 Å². The van der Waals surface area contributed by atoms with Gasteiger partial charge in [0.15, 0.2) is 0 Å². The first-order valence-electron chi connectivity index (χ1n) is 4.86. The molecule has 1 aromatic rings. The van der Waals surface area contributed by atoms with Gasteiger partial charge in [-0.1, -0.05) is 19.1 Å². The summed E-state index contributed by atoms with van der Waals surface area (Å²) < 4.78 is 5.20. The maximum Gasteiger partial charge on any atom is 0.238 e. The summed E-state index contributed by atoms with van der Waals surface area (Å²) in [5.41, 5.74) is 4.15. The summed E-state index contributed by atoms with van der Waals surface area (Å²) >= 11 is 0. The second-order valence-electron chi connectivity index (χ2n) is 3.24. The number of carbonyl (C=O) groups excluding carboxylic acids is 1. The normalized spacial score (nSPS) is 9.80. The summed E-state index contributed by atoms with van der Waals surface area (Å²) in [5.74, 6) is 5.69. The Kier molecular flexibility index (Phi) is 4.12. The molecule has 0 radical (unpaired) electrons. The van der Waals surface area contributed by atoms with Gasteiger partial charge in [0.1, 0.15) is 5.75 Å². The minimum atomic E-state index is -0.192. The molecular weight excluding hydrogens is 192 g/mol. The van der Waals surface area contributed by atoms with Crippen molar-refractivity contribution in [3.05, 3.63) is 29.3 Å². The minimum absolute atomic E-state index is 0.192. The third-order valence-corrected chi connectivity index (χ3v) is 2.25. The molecule has 1 aromatic carbocycles. The Morgan fingerprint density at radius 3 is 2.80 bits per heavy atom. The molecule has 0 unspecified atom stereocenters. The number of hydrazine groups is 1. The van der Waals surface area contributed by atoms with E-state index in [-0.39, 0.29) is 5.91 Å². The highest BCUT2D eigenvalue weighted by atomic mass is 16.5. The molecule has 0 aromatic heterocycles. The molecule has 82 valence electrons. The van der Waals surface area contributed by atoms with Crippen LogP contribution in [-0.4, -0.2) is 13.0 Å². The van der Waals surface area contributed by atoms with E-state index in [1.165, 1.54) is 0 Å². The zero-order valence-corrected chi connectivity index (χ0v) is 9.04. The molecule has 0 heterocycles. The Hall–Kier alpha value is -1.55. The molecule has 0 atom stereocenters. The van der Waals surface area contributed by atoms with E-state index in [2.05, 4.69) is 5.43 Å². The highest BCUT2D eigenvalue weighted by molar-refractivity contribution is 5.78. The maximum absolute atomic E-state index is 11.1. The fraction of sp³-hybridized carbons (Fsp3) is 0.364. The number of rotatable bonds is 4. The topological polar surface area (TPSA) is 64.4 Å². The largest absolute Gasteiger partial charge is 0.496 e. The highest BCUT2D eigenvalue weighted by Gasteiger charge is 2.05. The second-order valence-corrected chi connectivity index (χ2v) is 3.24. The number of hydrogen-bond acceptors (Lipinski definition) is 3. The van der Waals surface area contributed by atoms with E-state index in [0.29, 0.717) is 6.42 Å². The fourth-order valence-corrected chi connectivity index (χ4v) is 1.45. The van der Waals surface area contributed by atoms with Crippen molar-refractivity contribution < 1.29 is 9.53 Å². The lowest BCUT2D eigenvalue weighted by Crippen LogP contribution is -2.31. The number of methoxy groups -OCH3 is 1. The minimum Gasteiger partial charge on any atom is -0.496 e. The third-order valence-electron chi connectivity index (χ3n) is 2.25. The summed E-state index contributed by atoms with van der Waals surface area (Å²) in [7, 11) is 1.64. The Labute approximate surface area is 89.4 Å². The molecule has 0 fully saturated rings. The van der Waals surface area contributed by atoms with Crippen LogP contribution in [0.2, 0.25) is 0 Å². The van der Waals surface area contributed by atoms with Crippen LogP contribution in [0.1, 0.15) is 18.1 Å². The zero-order valence-electron chi connectivity index (χ0n) is 9.04. The van der Waals surface area contributed by atoms with Crippen molar-refractivity contribution in [2.45, 2.75) is 19.8 Å². The summed E-state index contributed by atoms with van der Waals surface area (Å²) in [4.78, 5) is 11.1. The SMILES string of the molecule is CCc1cc(CC(=O)NN)ccc1OC. The summed E-state index contributed by atoms with van der Waals surface area (Å²) in [6, 6.07) is 5.71. The molecule has 1 amide bonds. The Morgan fingerprint density at radius 2 is 2.27 bits per heavy atom. The Morgan fingerprint density at radius 1 is 1.53 bits per heavy atom. The van der Waals surface area contributed by atoms with Crippen molar-refractivity contribution in [1.29, 1.82) is 0 Å². The Balaban J connectivity index is 2.88. The molecule has 3 N–H and O–H groups in total. The van der Waals surface area contributed by atoms with Gasteiger partial charge in [-0.3, -0.25) is 10.2 Å². The van der Waals surface area contributed by atoms with Crippen LogP contribution in [-0.2, 0) is 17.6 Å². The van der Waals surface area contributed by atoms with Gasteiger partial charge in [0.05, 0.1) is 13.5 Å². The maximum atomic E-state index is 11.1. The number of amides is 1. The molecule has 15 heavy (non-hydrogen) atoms. The number of hydrogen-bond donors (Lipinski definition) is 2. The van der Waals surface area contributed by atoms with Crippen LogP contribution in [0.25, 0.3) is 0 Å². The van der Waals surface area contributed by atoms with Crippen molar-refractivity contribution in [1.82, 2.24) is 5.43 Å². The molecule has 4 nitrogen and oxygen atoms in total. The van der Waals surface area contributed by atoms with Crippen LogP contribution in [0.15, 0.2) is 18.2 Å². The van der Waals surface area contributed by atoms with E-state index in [0.717, 1.165) is 23.3 Å². The number of aryl methyl sites for hydroxylation is 1. The highest BCUT2D eigenvalue weighted by Crippen LogP contribution is 2.20. The molecular formula is C11H16N2O2. The smallest absolute Gasteiger partial charge is 0.238 e. The lowest BCUT2D eigenvalue weighted by Gasteiger charge is -2.08. The van der Waals surface area contributed by atoms with Gasteiger partial charge in [-0.05, 0) is 23.6 Å². The van der Waals surface area contributed by atoms with Crippen molar-refractivity contribution in [2.24, 2.45) is 5.84 Å². The molecule has 0 aliphatic rings. The van der Waals surface area contributed by atoms with Crippen LogP contribution in [0.5, 0.6) is 5.75 Å². The van der Waals surface area contributed by atoms with Crippen LogP contribution in [0, 0.1) is 0 Å². The van der Waals surface area contributed by atoms with Gasteiger partial charge >= 0.3 is 0 Å². The van der Waals surface area contributed by atoms with E-state index in [1.807, 2.05) is 25.1 Å².